The van der Waals surface area contributed by atoms with Crippen LogP contribution in [-0.4, -0.2) is 37.3 Å². The number of hydrogen-bond acceptors (Lipinski definition) is 7. The molecule has 1 fully saturated rings. The summed E-state index contributed by atoms with van der Waals surface area (Å²) in [6, 6.07) is 10.2. The van der Waals surface area contributed by atoms with Crippen molar-refractivity contribution < 1.29 is 9.84 Å². The average Bonchev–Trinajstić information content (AvgIpc) is 3.26. The predicted octanol–water partition coefficient (Wildman–Crippen LogP) is 2.37. The summed E-state index contributed by atoms with van der Waals surface area (Å²) >= 11 is 1.59. The maximum atomic E-state index is 9.26. The van der Waals surface area contributed by atoms with E-state index in [-0.39, 0.29) is 24.9 Å². The van der Waals surface area contributed by atoms with E-state index in [1.165, 1.54) is 5.56 Å². The van der Waals surface area contributed by atoms with Gasteiger partial charge >= 0.3 is 0 Å². The van der Waals surface area contributed by atoms with Crippen molar-refractivity contribution in [1.29, 1.82) is 0 Å². The van der Waals surface area contributed by atoms with Crippen molar-refractivity contribution in [1.82, 2.24) is 19.5 Å². The summed E-state index contributed by atoms with van der Waals surface area (Å²) in [5, 5.41) is 10.0. The van der Waals surface area contributed by atoms with Gasteiger partial charge in [0.2, 0.25) is 5.95 Å². The Balaban J connectivity index is 1.62. The molecule has 0 unspecified atom stereocenters. The molecule has 3 N–H and O–H groups in total. The number of ether oxygens (including phenoxy) is 1. The molecule has 4 rings (SSSR count). The smallest absolute Gasteiger partial charge is 0.223 e. The van der Waals surface area contributed by atoms with Crippen LogP contribution in [0.3, 0.4) is 0 Å². The molecule has 3 aromatic rings. The Hall–Kier alpha value is -2.16. The minimum atomic E-state index is -0.177. The van der Waals surface area contributed by atoms with Crippen LogP contribution in [0.1, 0.15) is 24.6 Å². The molecular formula is C17H19N5O2S. The fraction of sp³-hybridized carbons (Fsp3) is 0.353. The molecule has 1 aliphatic rings. The standard InChI is InChI=1S/C17H19N5O2S/c18-17-20-15-14(16(21-17)25-9-11-4-2-1-3-5-11)19-10-22(15)13-7-6-12(8-23)24-13/h1-5,10,12-13,23H,6-9H2,(H2,18,20,21)/t12-,13+/m0/s1. The molecule has 0 saturated carbocycles. The first-order valence-corrected chi connectivity index (χ1v) is 9.16. The Morgan fingerprint density at radius 2 is 2.08 bits per heavy atom. The zero-order valence-electron chi connectivity index (χ0n) is 13.6. The lowest BCUT2D eigenvalue weighted by molar-refractivity contribution is -0.0207. The van der Waals surface area contributed by atoms with Crippen LogP contribution in [0.4, 0.5) is 5.95 Å². The lowest BCUT2D eigenvalue weighted by atomic mass is 10.2. The number of fused-ring (bicyclic) bond motifs is 1. The number of aromatic nitrogens is 4. The molecular weight excluding hydrogens is 338 g/mol. The van der Waals surface area contributed by atoms with E-state index in [9.17, 15) is 5.11 Å². The molecule has 7 nitrogen and oxygen atoms in total. The van der Waals surface area contributed by atoms with Crippen molar-refractivity contribution in [2.24, 2.45) is 0 Å². The fourth-order valence-corrected chi connectivity index (χ4v) is 3.90. The molecule has 0 spiro atoms. The number of benzene rings is 1. The lowest BCUT2D eigenvalue weighted by Crippen LogP contribution is -2.14. The third kappa shape index (κ3) is 3.33. The van der Waals surface area contributed by atoms with Crippen LogP contribution in [0.2, 0.25) is 0 Å². The topological polar surface area (TPSA) is 99.1 Å². The lowest BCUT2D eigenvalue weighted by Gasteiger charge is -2.14. The normalized spacial score (nSPS) is 20.4. The largest absolute Gasteiger partial charge is 0.394 e. The first kappa shape index (κ1) is 16.3. The third-order valence-electron chi connectivity index (χ3n) is 4.22. The summed E-state index contributed by atoms with van der Waals surface area (Å²) in [5.74, 6) is 1.01. The number of nitrogen functional groups attached to an aromatic ring is 1. The molecule has 8 heteroatoms. The van der Waals surface area contributed by atoms with Crippen molar-refractivity contribution in [3.63, 3.8) is 0 Å². The van der Waals surface area contributed by atoms with E-state index in [0.717, 1.165) is 29.1 Å². The van der Waals surface area contributed by atoms with Crippen LogP contribution in [0.25, 0.3) is 11.2 Å². The predicted molar refractivity (Wildman–Crippen MR) is 96.0 cm³/mol. The van der Waals surface area contributed by atoms with Crippen molar-refractivity contribution in [2.75, 3.05) is 12.3 Å². The number of aliphatic hydroxyl groups excluding tert-OH is 1. The van der Waals surface area contributed by atoms with Crippen molar-refractivity contribution in [3.8, 4) is 0 Å². The molecule has 0 aliphatic carbocycles. The monoisotopic (exact) mass is 357 g/mol. The Labute approximate surface area is 149 Å². The summed E-state index contributed by atoms with van der Waals surface area (Å²) < 4.78 is 7.72. The minimum absolute atomic E-state index is 0.0262. The van der Waals surface area contributed by atoms with E-state index in [1.54, 1.807) is 18.1 Å². The van der Waals surface area contributed by atoms with Crippen LogP contribution in [0.15, 0.2) is 41.7 Å². The van der Waals surface area contributed by atoms with E-state index >= 15 is 0 Å². The quantitative estimate of drug-likeness (QED) is 0.534. The molecule has 0 amide bonds. The number of imidazole rings is 1. The minimum Gasteiger partial charge on any atom is -0.394 e. The summed E-state index contributed by atoms with van der Waals surface area (Å²) in [6.07, 6.45) is 3.04. The van der Waals surface area contributed by atoms with Gasteiger partial charge in [0.05, 0.1) is 19.0 Å². The van der Waals surface area contributed by atoms with Gasteiger partial charge in [-0.1, -0.05) is 42.1 Å². The molecule has 1 saturated heterocycles. The summed E-state index contributed by atoms with van der Waals surface area (Å²) in [4.78, 5) is 13.2. The van der Waals surface area contributed by atoms with Gasteiger partial charge in [-0.05, 0) is 18.4 Å². The van der Waals surface area contributed by atoms with Crippen LogP contribution >= 0.6 is 11.8 Å². The Morgan fingerprint density at radius 1 is 1.24 bits per heavy atom. The summed E-state index contributed by atoms with van der Waals surface area (Å²) in [6.45, 7) is 0.0262. The van der Waals surface area contributed by atoms with Gasteiger partial charge in [-0.25, -0.2) is 9.97 Å². The van der Waals surface area contributed by atoms with Crippen molar-refractivity contribution in [2.45, 2.75) is 36.0 Å². The molecule has 2 atom stereocenters. The van der Waals surface area contributed by atoms with Gasteiger partial charge in [0, 0.05) is 5.75 Å². The molecule has 2 aromatic heterocycles. The third-order valence-corrected chi connectivity index (χ3v) is 5.26. The van der Waals surface area contributed by atoms with E-state index in [2.05, 4.69) is 27.1 Å². The van der Waals surface area contributed by atoms with Crippen LogP contribution in [-0.2, 0) is 10.5 Å². The second-order valence-electron chi connectivity index (χ2n) is 5.96. The highest BCUT2D eigenvalue weighted by Crippen LogP contribution is 2.33. The Bertz CT molecular complexity index is 870. The molecule has 25 heavy (non-hydrogen) atoms. The maximum absolute atomic E-state index is 9.26. The maximum Gasteiger partial charge on any atom is 0.223 e. The molecule has 1 aliphatic heterocycles. The van der Waals surface area contributed by atoms with Crippen molar-refractivity contribution in [3.05, 3.63) is 42.2 Å². The zero-order chi connectivity index (χ0) is 17.2. The van der Waals surface area contributed by atoms with Gasteiger partial charge in [-0.3, -0.25) is 4.57 Å². The van der Waals surface area contributed by atoms with E-state index in [4.69, 9.17) is 10.5 Å². The second-order valence-corrected chi connectivity index (χ2v) is 6.92. The van der Waals surface area contributed by atoms with Gasteiger partial charge in [0.15, 0.2) is 5.65 Å². The number of rotatable bonds is 5. The number of nitrogens with two attached hydrogens (primary N) is 1. The molecule has 0 radical (unpaired) electrons. The number of nitrogens with zero attached hydrogens (tertiary/aromatic N) is 4. The second kappa shape index (κ2) is 6.99. The van der Waals surface area contributed by atoms with Crippen LogP contribution in [0, 0.1) is 0 Å². The van der Waals surface area contributed by atoms with Gasteiger partial charge < -0.3 is 15.6 Å². The molecule has 3 heterocycles. The van der Waals surface area contributed by atoms with Crippen LogP contribution < -0.4 is 5.73 Å². The SMILES string of the molecule is Nc1nc(SCc2ccccc2)c2ncn([C@H]3CC[C@@H](CO)O3)c2n1. The molecule has 130 valence electrons. The molecule has 0 bridgehead atoms. The Kier molecular flexibility index (Phi) is 4.56. The Morgan fingerprint density at radius 3 is 2.84 bits per heavy atom. The molecule has 1 aromatic carbocycles. The average molecular weight is 357 g/mol. The first-order valence-electron chi connectivity index (χ1n) is 8.17. The van der Waals surface area contributed by atoms with Gasteiger partial charge in [-0.2, -0.15) is 4.98 Å². The number of aliphatic hydroxyl groups is 1. The number of hydrogen-bond donors (Lipinski definition) is 2. The highest BCUT2D eigenvalue weighted by Gasteiger charge is 2.28. The fourth-order valence-electron chi connectivity index (χ4n) is 2.97. The highest BCUT2D eigenvalue weighted by atomic mass is 32.2. The van der Waals surface area contributed by atoms with E-state index in [1.807, 2.05) is 22.8 Å². The van der Waals surface area contributed by atoms with Gasteiger partial charge in [0.25, 0.3) is 0 Å². The highest BCUT2D eigenvalue weighted by molar-refractivity contribution is 7.98. The zero-order valence-corrected chi connectivity index (χ0v) is 14.4. The summed E-state index contributed by atoms with van der Waals surface area (Å²) in [5.41, 5.74) is 8.53. The number of anilines is 1. The van der Waals surface area contributed by atoms with Gasteiger partial charge in [0.1, 0.15) is 16.8 Å². The van der Waals surface area contributed by atoms with Crippen molar-refractivity contribution >= 4 is 28.9 Å². The van der Waals surface area contributed by atoms with Gasteiger partial charge in [-0.15, -0.1) is 0 Å². The van der Waals surface area contributed by atoms with E-state index in [0.29, 0.717) is 5.65 Å². The first-order chi connectivity index (χ1) is 12.2. The number of thioether (sulfide) groups is 1. The van der Waals surface area contributed by atoms with Crippen LogP contribution in [0.5, 0.6) is 0 Å². The summed E-state index contributed by atoms with van der Waals surface area (Å²) in [7, 11) is 0. The van der Waals surface area contributed by atoms with E-state index < -0.39 is 0 Å².